The van der Waals surface area contributed by atoms with Gasteiger partial charge < -0.3 is 10.1 Å². The number of unbranched alkanes of at least 4 members (excludes halogenated alkanes) is 1. The van der Waals surface area contributed by atoms with Crippen molar-refractivity contribution >= 4 is 5.97 Å². The van der Waals surface area contributed by atoms with E-state index in [0.29, 0.717) is 12.5 Å². The van der Waals surface area contributed by atoms with Gasteiger partial charge >= 0.3 is 5.97 Å². The minimum absolute atomic E-state index is 0.108. The molecule has 4 nitrogen and oxygen atoms in total. The number of carbonyl (C=O) groups excluding carboxylic acids is 1. The van der Waals surface area contributed by atoms with Crippen LogP contribution in [-0.2, 0) is 9.53 Å². The molecule has 4 heteroatoms. The summed E-state index contributed by atoms with van der Waals surface area (Å²) < 4.78 is 4.76. The van der Waals surface area contributed by atoms with Crippen LogP contribution in [0.25, 0.3) is 0 Å². The lowest BCUT2D eigenvalue weighted by Crippen LogP contribution is -2.43. The van der Waals surface area contributed by atoms with Gasteiger partial charge in [0.05, 0.1) is 13.5 Å². The highest BCUT2D eigenvalue weighted by atomic mass is 16.5. The SMILES string of the molecule is CCCCN(CC1CCCN1)C(C)CC(=O)OC. The van der Waals surface area contributed by atoms with E-state index in [1.165, 1.54) is 32.8 Å². The zero-order valence-corrected chi connectivity index (χ0v) is 12.1. The summed E-state index contributed by atoms with van der Waals surface area (Å²) in [6, 6.07) is 0.869. The van der Waals surface area contributed by atoms with E-state index in [4.69, 9.17) is 4.74 Å². The van der Waals surface area contributed by atoms with Gasteiger partial charge in [-0.2, -0.15) is 0 Å². The molecular weight excluding hydrogens is 228 g/mol. The van der Waals surface area contributed by atoms with Gasteiger partial charge in [-0.1, -0.05) is 13.3 Å². The molecule has 2 atom stereocenters. The second kappa shape index (κ2) is 8.48. The fraction of sp³-hybridized carbons (Fsp3) is 0.929. The zero-order chi connectivity index (χ0) is 13.4. The molecule has 1 rings (SSSR count). The predicted octanol–water partition coefficient (Wildman–Crippen LogP) is 1.79. The van der Waals surface area contributed by atoms with Crippen LogP contribution in [0.3, 0.4) is 0 Å². The largest absolute Gasteiger partial charge is 0.469 e. The van der Waals surface area contributed by atoms with Gasteiger partial charge in [-0.05, 0) is 39.3 Å². The summed E-state index contributed by atoms with van der Waals surface area (Å²) >= 11 is 0. The number of rotatable bonds is 8. The standard InChI is InChI=1S/C14H28N2O2/c1-4-5-9-16(11-13-7-6-8-15-13)12(2)10-14(17)18-3/h12-13,15H,4-11H2,1-3H3. The van der Waals surface area contributed by atoms with Crippen LogP contribution in [0.5, 0.6) is 0 Å². The van der Waals surface area contributed by atoms with E-state index in [1.807, 2.05) is 0 Å². The normalized spacial score (nSPS) is 21.2. The van der Waals surface area contributed by atoms with Crippen LogP contribution in [0, 0.1) is 0 Å². The number of esters is 1. The molecule has 1 aliphatic heterocycles. The molecule has 0 aromatic carbocycles. The molecule has 1 fully saturated rings. The van der Waals surface area contributed by atoms with Crippen molar-refractivity contribution in [3.05, 3.63) is 0 Å². The number of ether oxygens (including phenoxy) is 1. The number of hydrogen-bond donors (Lipinski definition) is 1. The Hall–Kier alpha value is -0.610. The molecule has 1 aliphatic rings. The topological polar surface area (TPSA) is 41.6 Å². The summed E-state index contributed by atoms with van der Waals surface area (Å²) in [4.78, 5) is 13.8. The monoisotopic (exact) mass is 256 g/mol. The first-order chi connectivity index (χ1) is 8.67. The van der Waals surface area contributed by atoms with Crippen molar-refractivity contribution in [1.29, 1.82) is 0 Å². The van der Waals surface area contributed by atoms with Gasteiger partial charge in [0.2, 0.25) is 0 Å². The van der Waals surface area contributed by atoms with Crippen LogP contribution < -0.4 is 5.32 Å². The third-order valence-electron chi connectivity index (χ3n) is 3.73. The van der Waals surface area contributed by atoms with Crippen LogP contribution >= 0.6 is 0 Å². The Labute approximate surface area is 111 Å². The summed E-state index contributed by atoms with van der Waals surface area (Å²) in [6.45, 7) is 7.60. The van der Waals surface area contributed by atoms with Crippen molar-refractivity contribution in [3.8, 4) is 0 Å². The average Bonchev–Trinajstić information content (AvgIpc) is 2.86. The number of carbonyl (C=O) groups is 1. The van der Waals surface area contributed by atoms with Crippen LogP contribution in [-0.4, -0.2) is 49.7 Å². The van der Waals surface area contributed by atoms with Crippen molar-refractivity contribution in [2.24, 2.45) is 0 Å². The highest BCUT2D eigenvalue weighted by Gasteiger charge is 2.22. The fourth-order valence-corrected chi connectivity index (χ4v) is 2.50. The third-order valence-corrected chi connectivity index (χ3v) is 3.73. The molecule has 0 spiro atoms. The van der Waals surface area contributed by atoms with E-state index >= 15 is 0 Å². The number of nitrogens with zero attached hydrogens (tertiary/aromatic N) is 1. The van der Waals surface area contributed by atoms with Crippen molar-refractivity contribution < 1.29 is 9.53 Å². The molecule has 1 N–H and O–H groups in total. The Morgan fingerprint density at radius 1 is 1.56 bits per heavy atom. The molecule has 2 unspecified atom stereocenters. The van der Waals surface area contributed by atoms with Gasteiger partial charge in [-0.15, -0.1) is 0 Å². The van der Waals surface area contributed by atoms with Gasteiger partial charge in [-0.3, -0.25) is 9.69 Å². The van der Waals surface area contributed by atoms with Crippen molar-refractivity contribution in [2.75, 3.05) is 26.7 Å². The van der Waals surface area contributed by atoms with E-state index in [9.17, 15) is 4.79 Å². The lowest BCUT2D eigenvalue weighted by atomic mass is 10.1. The molecule has 0 radical (unpaired) electrons. The third kappa shape index (κ3) is 5.36. The number of hydrogen-bond acceptors (Lipinski definition) is 4. The molecular formula is C14H28N2O2. The Kier molecular flexibility index (Phi) is 7.28. The minimum atomic E-state index is -0.108. The number of methoxy groups -OCH3 is 1. The smallest absolute Gasteiger partial charge is 0.307 e. The van der Waals surface area contributed by atoms with Crippen LogP contribution in [0.2, 0.25) is 0 Å². The molecule has 18 heavy (non-hydrogen) atoms. The van der Waals surface area contributed by atoms with Crippen molar-refractivity contribution in [1.82, 2.24) is 10.2 Å². The summed E-state index contributed by atoms with van der Waals surface area (Å²) in [5, 5.41) is 3.53. The average molecular weight is 256 g/mol. The van der Waals surface area contributed by atoms with E-state index in [1.54, 1.807) is 0 Å². The summed E-state index contributed by atoms with van der Waals surface area (Å²) in [5.74, 6) is -0.108. The lowest BCUT2D eigenvalue weighted by molar-refractivity contribution is -0.141. The highest BCUT2D eigenvalue weighted by molar-refractivity contribution is 5.69. The maximum absolute atomic E-state index is 11.4. The second-order valence-electron chi connectivity index (χ2n) is 5.27. The molecule has 0 bridgehead atoms. The fourth-order valence-electron chi connectivity index (χ4n) is 2.50. The molecule has 1 heterocycles. The van der Waals surface area contributed by atoms with Crippen LogP contribution in [0.15, 0.2) is 0 Å². The Bertz CT molecular complexity index is 240. The van der Waals surface area contributed by atoms with Crippen molar-refractivity contribution in [2.45, 2.75) is 58.0 Å². The van der Waals surface area contributed by atoms with Crippen LogP contribution in [0.4, 0.5) is 0 Å². The van der Waals surface area contributed by atoms with Gasteiger partial charge in [0.25, 0.3) is 0 Å². The summed E-state index contributed by atoms with van der Waals surface area (Å²) in [5.41, 5.74) is 0. The first-order valence-electron chi connectivity index (χ1n) is 7.21. The van der Waals surface area contributed by atoms with Gasteiger partial charge in [-0.25, -0.2) is 0 Å². The van der Waals surface area contributed by atoms with E-state index in [0.717, 1.165) is 19.6 Å². The van der Waals surface area contributed by atoms with E-state index in [2.05, 4.69) is 24.1 Å². The summed E-state index contributed by atoms with van der Waals surface area (Å²) in [7, 11) is 1.46. The Morgan fingerprint density at radius 2 is 2.33 bits per heavy atom. The lowest BCUT2D eigenvalue weighted by Gasteiger charge is -2.30. The summed E-state index contributed by atoms with van der Waals surface area (Å²) in [6.07, 6.45) is 5.41. The molecule has 0 amide bonds. The maximum atomic E-state index is 11.4. The molecule has 0 aliphatic carbocycles. The predicted molar refractivity (Wildman–Crippen MR) is 73.6 cm³/mol. The zero-order valence-electron chi connectivity index (χ0n) is 12.1. The first kappa shape index (κ1) is 15.4. The minimum Gasteiger partial charge on any atom is -0.469 e. The van der Waals surface area contributed by atoms with Crippen LogP contribution in [0.1, 0.15) is 46.0 Å². The highest BCUT2D eigenvalue weighted by Crippen LogP contribution is 2.12. The van der Waals surface area contributed by atoms with Gasteiger partial charge in [0.1, 0.15) is 0 Å². The van der Waals surface area contributed by atoms with Gasteiger partial charge in [0.15, 0.2) is 0 Å². The van der Waals surface area contributed by atoms with E-state index < -0.39 is 0 Å². The maximum Gasteiger partial charge on any atom is 0.307 e. The second-order valence-corrected chi connectivity index (χ2v) is 5.27. The Morgan fingerprint density at radius 3 is 2.89 bits per heavy atom. The molecule has 1 saturated heterocycles. The van der Waals surface area contributed by atoms with Gasteiger partial charge in [0, 0.05) is 18.6 Å². The number of nitrogens with one attached hydrogen (secondary N) is 1. The Balaban J connectivity index is 2.44. The molecule has 0 aromatic rings. The molecule has 0 aromatic heterocycles. The quantitative estimate of drug-likeness (QED) is 0.672. The first-order valence-corrected chi connectivity index (χ1v) is 7.21. The van der Waals surface area contributed by atoms with E-state index in [-0.39, 0.29) is 12.0 Å². The van der Waals surface area contributed by atoms with Crippen molar-refractivity contribution in [3.63, 3.8) is 0 Å². The molecule has 0 saturated carbocycles. The molecule has 106 valence electrons.